The fourth-order valence-corrected chi connectivity index (χ4v) is 3.36. The molecule has 1 amide bonds. The molecule has 0 saturated carbocycles. The number of nitrogens with one attached hydrogen (secondary N) is 1. The van der Waals surface area contributed by atoms with Crippen molar-refractivity contribution in [2.75, 3.05) is 23.8 Å². The average molecular weight is 416 g/mol. The van der Waals surface area contributed by atoms with Gasteiger partial charge in [0.15, 0.2) is 17.2 Å². The number of hydrogen-bond acceptors (Lipinski definition) is 6. The van der Waals surface area contributed by atoms with E-state index in [1.165, 1.54) is 9.47 Å². The molecule has 0 aliphatic carbocycles. The molecule has 1 aromatic carbocycles. The second-order valence-corrected chi connectivity index (χ2v) is 8.20. The molecule has 1 unspecified atom stereocenters. The van der Waals surface area contributed by atoms with Crippen LogP contribution in [-0.2, 0) is 11.3 Å². The minimum Gasteiger partial charge on any atom is -0.485 e. The van der Waals surface area contributed by atoms with Gasteiger partial charge in [-0.2, -0.15) is 0 Å². The standard InChI is InChI=1S/C21H28N4O5/c1-12(2)9-24(17-18(22)25(10-13(3)4)21(28)23-19(17)26)20(27)16-11-29-14-7-5-6-8-15(14)30-16/h5-8,12-13,16H,9-11,22H2,1-4H3,(H,23,26,28). The number of H-pyrrole nitrogens is 1. The Kier molecular flexibility index (Phi) is 6.19. The lowest BCUT2D eigenvalue weighted by Crippen LogP contribution is -2.50. The highest BCUT2D eigenvalue weighted by molar-refractivity contribution is 5.99. The number of carbonyl (C=O) groups is 1. The zero-order valence-electron chi connectivity index (χ0n) is 17.7. The molecular weight excluding hydrogens is 388 g/mol. The molecule has 9 nitrogen and oxygen atoms in total. The number of anilines is 2. The molecule has 1 aliphatic rings. The molecule has 0 saturated heterocycles. The number of fused-ring (bicyclic) bond motifs is 1. The fourth-order valence-electron chi connectivity index (χ4n) is 3.36. The van der Waals surface area contributed by atoms with Gasteiger partial charge in [0.2, 0.25) is 6.10 Å². The lowest BCUT2D eigenvalue weighted by molar-refractivity contribution is -0.127. The van der Waals surface area contributed by atoms with E-state index in [0.29, 0.717) is 18.0 Å². The fraction of sp³-hybridized carbons (Fsp3) is 0.476. The van der Waals surface area contributed by atoms with Crippen LogP contribution < -0.4 is 31.4 Å². The third-order valence-electron chi connectivity index (χ3n) is 4.63. The summed E-state index contributed by atoms with van der Waals surface area (Å²) in [5, 5.41) is 0. The predicted molar refractivity (Wildman–Crippen MR) is 114 cm³/mol. The van der Waals surface area contributed by atoms with Gasteiger partial charge < -0.3 is 20.1 Å². The molecule has 3 rings (SSSR count). The number of aromatic amines is 1. The van der Waals surface area contributed by atoms with Crippen molar-refractivity contribution in [2.24, 2.45) is 11.8 Å². The highest BCUT2D eigenvalue weighted by atomic mass is 16.6. The highest BCUT2D eigenvalue weighted by Crippen LogP contribution is 2.32. The number of benzene rings is 1. The van der Waals surface area contributed by atoms with Crippen LogP contribution in [0.1, 0.15) is 27.7 Å². The molecular formula is C21H28N4O5. The Morgan fingerprint density at radius 2 is 1.87 bits per heavy atom. The number of carbonyl (C=O) groups excluding carboxylic acids is 1. The van der Waals surface area contributed by atoms with Crippen LogP contribution in [0.15, 0.2) is 33.9 Å². The Morgan fingerprint density at radius 3 is 2.50 bits per heavy atom. The van der Waals surface area contributed by atoms with E-state index in [9.17, 15) is 14.4 Å². The average Bonchev–Trinajstić information content (AvgIpc) is 2.69. The van der Waals surface area contributed by atoms with Gasteiger partial charge in [-0.15, -0.1) is 0 Å². The van der Waals surface area contributed by atoms with Crippen LogP contribution in [0.2, 0.25) is 0 Å². The van der Waals surface area contributed by atoms with E-state index in [0.717, 1.165) is 0 Å². The minimum atomic E-state index is -0.942. The number of nitrogens with two attached hydrogens (primary N) is 1. The maximum Gasteiger partial charge on any atom is 0.330 e. The summed E-state index contributed by atoms with van der Waals surface area (Å²) in [6, 6.07) is 7.07. The Bertz CT molecular complexity index is 1040. The number of hydrogen-bond donors (Lipinski definition) is 2. The third-order valence-corrected chi connectivity index (χ3v) is 4.63. The smallest absolute Gasteiger partial charge is 0.330 e. The van der Waals surface area contributed by atoms with Gasteiger partial charge >= 0.3 is 5.69 Å². The van der Waals surface area contributed by atoms with Gasteiger partial charge in [0.05, 0.1) is 0 Å². The van der Waals surface area contributed by atoms with Crippen LogP contribution in [0.3, 0.4) is 0 Å². The van der Waals surface area contributed by atoms with E-state index in [1.807, 2.05) is 33.8 Å². The Hall–Kier alpha value is -3.23. The molecule has 162 valence electrons. The summed E-state index contributed by atoms with van der Waals surface area (Å²) < 4.78 is 12.8. The van der Waals surface area contributed by atoms with Crippen molar-refractivity contribution < 1.29 is 14.3 Å². The minimum absolute atomic E-state index is 0.00782. The molecule has 3 N–H and O–H groups in total. The molecule has 1 aliphatic heterocycles. The summed E-state index contributed by atoms with van der Waals surface area (Å²) >= 11 is 0. The van der Waals surface area contributed by atoms with Crippen molar-refractivity contribution in [3.8, 4) is 11.5 Å². The van der Waals surface area contributed by atoms with E-state index in [1.54, 1.807) is 18.2 Å². The van der Waals surface area contributed by atoms with E-state index in [2.05, 4.69) is 4.98 Å². The number of para-hydroxylation sites is 2. The second-order valence-electron chi connectivity index (χ2n) is 8.20. The summed E-state index contributed by atoms with van der Waals surface area (Å²) in [5.74, 6) is 0.673. The first kappa shape index (κ1) is 21.5. The van der Waals surface area contributed by atoms with Crippen LogP contribution in [0, 0.1) is 11.8 Å². The molecule has 0 bridgehead atoms. The van der Waals surface area contributed by atoms with Crippen molar-refractivity contribution >= 4 is 17.4 Å². The number of amides is 1. The Morgan fingerprint density at radius 1 is 1.20 bits per heavy atom. The van der Waals surface area contributed by atoms with E-state index in [4.69, 9.17) is 15.2 Å². The Labute approximate surface area is 174 Å². The summed E-state index contributed by atoms with van der Waals surface area (Å²) in [6.45, 7) is 8.25. The van der Waals surface area contributed by atoms with Crippen molar-refractivity contribution in [2.45, 2.75) is 40.3 Å². The van der Waals surface area contributed by atoms with Crippen LogP contribution in [-0.4, -0.2) is 34.7 Å². The number of nitrogen functional groups attached to an aromatic ring is 1. The lowest BCUT2D eigenvalue weighted by atomic mass is 10.1. The first-order valence-electron chi connectivity index (χ1n) is 10.0. The van der Waals surface area contributed by atoms with Gasteiger partial charge in [-0.25, -0.2) is 4.79 Å². The molecule has 9 heteroatoms. The summed E-state index contributed by atoms with van der Waals surface area (Å²) in [4.78, 5) is 42.0. The van der Waals surface area contributed by atoms with Crippen molar-refractivity contribution in [1.29, 1.82) is 0 Å². The lowest BCUT2D eigenvalue weighted by Gasteiger charge is -2.32. The first-order valence-corrected chi connectivity index (χ1v) is 10.0. The monoisotopic (exact) mass is 416 g/mol. The molecule has 0 spiro atoms. The molecule has 30 heavy (non-hydrogen) atoms. The van der Waals surface area contributed by atoms with E-state index < -0.39 is 23.3 Å². The van der Waals surface area contributed by atoms with Crippen LogP contribution in [0.5, 0.6) is 11.5 Å². The van der Waals surface area contributed by atoms with Gasteiger partial charge in [-0.1, -0.05) is 39.8 Å². The maximum atomic E-state index is 13.4. The number of ether oxygens (including phenoxy) is 2. The van der Waals surface area contributed by atoms with Crippen molar-refractivity contribution in [3.63, 3.8) is 0 Å². The van der Waals surface area contributed by atoms with Gasteiger partial charge in [-0.3, -0.25) is 19.1 Å². The van der Waals surface area contributed by atoms with Gasteiger partial charge in [0.25, 0.3) is 11.5 Å². The molecule has 0 radical (unpaired) electrons. The number of nitrogens with zero attached hydrogens (tertiary/aromatic N) is 2. The van der Waals surface area contributed by atoms with Crippen LogP contribution >= 0.6 is 0 Å². The van der Waals surface area contributed by atoms with Gasteiger partial charge in [0, 0.05) is 13.1 Å². The van der Waals surface area contributed by atoms with Gasteiger partial charge in [-0.05, 0) is 24.0 Å². The second kappa shape index (κ2) is 8.64. The predicted octanol–water partition coefficient (Wildman–Crippen LogP) is 1.60. The third kappa shape index (κ3) is 4.34. The summed E-state index contributed by atoms with van der Waals surface area (Å²) in [6.07, 6.45) is -0.942. The van der Waals surface area contributed by atoms with E-state index >= 15 is 0 Å². The molecule has 2 heterocycles. The highest BCUT2D eigenvalue weighted by Gasteiger charge is 2.34. The zero-order chi connectivity index (χ0) is 22.0. The molecule has 2 aromatic rings. The van der Waals surface area contributed by atoms with Crippen LogP contribution in [0.4, 0.5) is 11.5 Å². The van der Waals surface area contributed by atoms with Crippen LogP contribution in [0.25, 0.3) is 0 Å². The summed E-state index contributed by atoms with van der Waals surface area (Å²) in [7, 11) is 0. The molecule has 1 atom stereocenters. The molecule has 0 fully saturated rings. The van der Waals surface area contributed by atoms with Gasteiger partial charge in [0.1, 0.15) is 12.4 Å². The van der Waals surface area contributed by atoms with Crippen molar-refractivity contribution in [3.05, 3.63) is 45.1 Å². The topological polar surface area (TPSA) is 120 Å². The summed E-state index contributed by atoms with van der Waals surface area (Å²) in [5.41, 5.74) is 4.88. The zero-order valence-corrected chi connectivity index (χ0v) is 17.7. The molecule has 1 aromatic heterocycles. The van der Waals surface area contributed by atoms with E-state index in [-0.39, 0.29) is 36.5 Å². The number of rotatable bonds is 6. The Balaban J connectivity index is 2.02. The normalized spacial score (nSPS) is 15.5. The quantitative estimate of drug-likeness (QED) is 0.738. The SMILES string of the molecule is CC(C)CN(C(=O)C1COc2ccccc2O1)c1c(N)n(CC(C)C)c(=O)[nH]c1=O. The number of aromatic nitrogens is 2. The van der Waals surface area contributed by atoms with Crippen molar-refractivity contribution in [1.82, 2.24) is 9.55 Å². The maximum absolute atomic E-state index is 13.4. The largest absolute Gasteiger partial charge is 0.485 e. The first-order chi connectivity index (χ1) is 14.2.